The van der Waals surface area contributed by atoms with Crippen LogP contribution in [0.5, 0.6) is 0 Å². The first-order chi connectivity index (χ1) is 12.1. The Balaban J connectivity index is 1.41. The van der Waals surface area contributed by atoms with Crippen LogP contribution in [-0.4, -0.2) is 41.9 Å². The Morgan fingerprint density at radius 1 is 1.36 bits per heavy atom. The van der Waals surface area contributed by atoms with Crippen molar-refractivity contribution < 1.29 is 14.1 Å². The van der Waals surface area contributed by atoms with Crippen molar-refractivity contribution in [1.29, 1.82) is 0 Å². The molecule has 0 unspecified atom stereocenters. The van der Waals surface area contributed by atoms with E-state index in [1.807, 2.05) is 6.92 Å². The minimum atomic E-state index is 0.0664. The summed E-state index contributed by atoms with van der Waals surface area (Å²) in [7, 11) is 0. The topological polar surface area (TPSA) is 67.6 Å². The Bertz CT molecular complexity index is 632. The minimum absolute atomic E-state index is 0.0664. The molecule has 2 saturated heterocycles. The van der Waals surface area contributed by atoms with Gasteiger partial charge in [-0.3, -0.25) is 0 Å². The number of rotatable bonds is 4. The lowest BCUT2D eigenvalue weighted by atomic mass is 9.54. The van der Waals surface area contributed by atoms with Crippen molar-refractivity contribution in [3.63, 3.8) is 0 Å². The number of hydrogen-bond donors (Lipinski definition) is 1. The number of likely N-dealkylation sites (tertiary alicyclic amines) is 1. The van der Waals surface area contributed by atoms with E-state index in [9.17, 15) is 4.79 Å². The fourth-order valence-corrected chi connectivity index (χ4v) is 5.03. The fraction of sp³-hybridized carbons (Fsp3) is 0.789. The van der Waals surface area contributed by atoms with E-state index in [0.29, 0.717) is 23.9 Å². The van der Waals surface area contributed by atoms with Crippen LogP contribution in [-0.2, 0) is 17.7 Å². The van der Waals surface area contributed by atoms with E-state index >= 15 is 0 Å². The maximum absolute atomic E-state index is 12.8. The van der Waals surface area contributed by atoms with Gasteiger partial charge in [0.2, 0.25) is 0 Å². The average molecular weight is 347 g/mol. The first-order valence-electron chi connectivity index (χ1n) is 9.71. The second-order valence-corrected chi connectivity index (χ2v) is 7.91. The minimum Gasteiger partial charge on any atom is -0.381 e. The molecule has 1 atom stereocenters. The van der Waals surface area contributed by atoms with Crippen molar-refractivity contribution >= 4 is 6.03 Å². The summed E-state index contributed by atoms with van der Waals surface area (Å²) in [5.74, 6) is 1.40. The number of amides is 2. The Morgan fingerprint density at radius 3 is 2.76 bits per heavy atom. The van der Waals surface area contributed by atoms with Crippen LogP contribution in [0.3, 0.4) is 0 Å². The van der Waals surface area contributed by atoms with Crippen LogP contribution >= 0.6 is 0 Å². The summed E-state index contributed by atoms with van der Waals surface area (Å²) >= 11 is 0. The van der Waals surface area contributed by atoms with Gasteiger partial charge in [-0.1, -0.05) is 18.5 Å². The summed E-state index contributed by atoms with van der Waals surface area (Å²) in [4.78, 5) is 14.9. The molecule has 4 rings (SSSR count). The molecule has 1 spiro atoms. The summed E-state index contributed by atoms with van der Waals surface area (Å²) in [6, 6.07) is 0.469. The third-order valence-corrected chi connectivity index (χ3v) is 6.59. The number of aryl methyl sites for hydroxylation is 2. The van der Waals surface area contributed by atoms with E-state index in [0.717, 1.165) is 56.0 Å². The van der Waals surface area contributed by atoms with Gasteiger partial charge in [-0.15, -0.1) is 0 Å². The van der Waals surface area contributed by atoms with E-state index in [2.05, 4.69) is 22.3 Å². The molecule has 2 amide bonds. The molecule has 25 heavy (non-hydrogen) atoms. The fourth-order valence-electron chi connectivity index (χ4n) is 5.03. The van der Waals surface area contributed by atoms with Crippen LogP contribution in [0.4, 0.5) is 4.79 Å². The molecule has 1 aliphatic carbocycles. The highest BCUT2D eigenvalue weighted by Crippen LogP contribution is 2.56. The van der Waals surface area contributed by atoms with Gasteiger partial charge in [-0.25, -0.2) is 4.79 Å². The molecule has 3 heterocycles. The number of aromatic nitrogens is 1. The molecule has 3 aliphatic rings. The van der Waals surface area contributed by atoms with Crippen LogP contribution < -0.4 is 5.32 Å². The number of urea groups is 1. The standard InChI is InChI=1S/C19H29N3O3/c1-3-16-15(13(2)25-21-16)11-20-18(23)22-12-19(7-4-8-19)17(22)14-5-9-24-10-6-14/h14,17H,3-12H2,1-2H3,(H,20,23)/t17-/m0/s1. The summed E-state index contributed by atoms with van der Waals surface area (Å²) in [5, 5.41) is 7.18. The number of nitrogens with zero attached hydrogens (tertiary/aromatic N) is 2. The van der Waals surface area contributed by atoms with Crippen molar-refractivity contribution in [2.45, 2.75) is 65.0 Å². The largest absolute Gasteiger partial charge is 0.381 e. The van der Waals surface area contributed by atoms with Gasteiger partial charge in [0.05, 0.1) is 5.69 Å². The lowest BCUT2D eigenvalue weighted by Gasteiger charge is -2.64. The number of carbonyl (C=O) groups is 1. The van der Waals surface area contributed by atoms with E-state index in [1.54, 1.807) is 0 Å². The van der Waals surface area contributed by atoms with Crippen LogP contribution in [0.1, 0.15) is 56.0 Å². The van der Waals surface area contributed by atoms with Crippen molar-refractivity contribution in [2.24, 2.45) is 11.3 Å². The maximum Gasteiger partial charge on any atom is 0.317 e. The van der Waals surface area contributed by atoms with Gasteiger partial charge in [0.25, 0.3) is 0 Å². The number of carbonyl (C=O) groups excluding carboxylic acids is 1. The average Bonchev–Trinajstić information content (AvgIpc) is 2.91. The first-order valence-corrected chi connectivity index (χ1v) is 9.71. The third kappa shape index (κ3) is 2.84. The van der Waals surface area contributed by atoms with Gasteiger partial charge < -0.3 is 19.5 Å². The zero-order valence-electron chi connectivity index (χ0n) is 15.3. The number of hydrogen-bond acceptors (Lipinski definition) is 4. The predicted octanol–water partition coefficient (Wildman–Crippen LogP) is 3.04. The monoisotopic (exact) mass is 347 g/mol. The first kappa shape index (κ1) is 16.9. The van der Waals surface area contributed by atoms with Crippen molar-refractivity contribution in [1.82, 2.24) is 15.4 Å². The zero-order chi connectivity index (χ0) is 17.4. The molecule has 3 fully saturated rings. The Labute approximate surface area is 149 Å². The Morgan fingerprint density at radius 2 is 2.12 bits per heavy atom. The Hall–Kier alpha value is -1.56. The summed E-state index contributed by atoms with van der Waals surface area (Å²) < 4.78 is 10.8. The van der Waals surface area contributed by atoms with E-state index < -0.39 is 0 Å². The van der Waals surface area contributed by atoms with Crippen LogP contribution in [0.15, 0.2) is 4.52 Å². The normalized spacial score (nSPS) is 25.5. The molecule has 1 saturated carbocycles. The second kappa shape index (κ2) is 6.63. The van der Waals surface area contributed by atoms with Gasteiger partial charge in [0.1, 0.15) is 5.76 Å². The van der Waals surface area contributed by atoms with E-state index in [4.69, 9.17) is 9.26 Å². The number of ether oxygens (including phenoxy) is 1. The van der Waals surface area contributed by atoms with Crippen LogP contribution in [0.2, 0.25) is 0 Å². The lowest BCUT2D eigenvalue weighted by molar-refractivity contribution is -0.137. The van der Waals surface area contributed by atoms with Gasteiger partial charge in [-0.2, -0.15) is 0 Å². The van der Waals surface area contributed by atoms with Gasteiger partial charge in [0.15, 0.2) is 0 Å². The number of nitrogens with one attached hydrogen (secondary N) is 1. The SMILES string of the molecule is CCc1noc(C)c1CNC(=O)N1CC2(CCC2)[C@@H]1C1CCOCC1. The molecule has 0 radical (unpaired) electrons. The molecular formula is C19H29N3O3. The highest BCUT2D eigenvalue weighted by molar-refractivity contribution is 5.76. The highest BCUT2D eigenvalue weighted by Gasteiger charge is 2.59. The zero-order valence-corrected chi connectivity index (χ0v) is 15.3. The molecule has 6 nitrogen and oxygen atoms in total. The van der Waals surface area contributed by atoms with Gasteiger partial charge >= 0.3 is 6.03 Å². The molecular weight excluding hydrogens is 318 g/mol. The van der Waals surface area contributed by atoms with E-state index in [-0.39, 0.29) is 6.03 Å². The van der Waals surface area contributed by atoms with Crippen LogP contribution in [0.25, 0.3) is 0 Å². The van der Waals surface area contributed by atoms with Gasteiger partial charge in [0, 0.05) is 43.3 Å². The molecule has 6 heteroatoms. The van der Waals surface area contributed by atoms with Crippen molar-refractivity contribution in [3.8, 4) is 0 Å². The highest BCUT2D eigenvalue weighted by atomic mass is 16.5. The quantitative estimate of drug-likeness (QED) is 0.909. The van der Waals surface area contributed by atoms with Crippen molar-refractivity contribution in [3.05, 3.63) is 17.0 Å². The molecule has 0 bridgehead atoms. The molecule has 0 aromatic carbocycles. The summed E-state index contributed by atoms with van der Waals surface area (Å²) in [6.07, 6.45) is 6.87. The molecule has 138 valence electrons. The predicted molar refractivity (Wildman–Crippen MR) is 93.2 cm³/mol. The maximum atomic E-state index is 12.8. The summed E-state index contributed by atoms with van der Waals surface area (Å²) in [5.41, 5.74) is 2.37. The van der Waals surface area contributed by atoms with Gasteiger partial charge in [-0.05, 0) is 44.9 Å². The smallest absolute Gasteiger partial charge is 0.317 e. The molecule has 2 aliphatic heterocycles. The molecule has 1 aromatic heterocycles. The van der Waals surface area contributed by atoms with Crippen LogP contribution in [0, 0.1) is 18.3 Å². The lowest BCUT2D eigenvalue weighted by Crippen LogP contribution is -2.72. The Kier molecular flexibility index (Phi) is 4.48. The molecule has 1 aromatic rings. The summed E-state index contributed by atoms with van der Waals surface area (Å²) in [6.45, 7) is 7.06. The second-order valence-electron chi connectivity index (χ2n) is 7.91. The van der Waals surface area contributed by atoms with E-state index in [1.165, 1.54) is 19.3 Å². The molecule has 1 N–H and O–H groups in total. The third-order valence-electron chi connectivity index (χ3n) is 6.59. The van der Waals surface area contributed by atoms with Crippen molar-refractivity contribution in [2.75, 3.05) is 19.8 Å².